The molecule has 2 bridgehead atoms. The molecule has 4 aliphatic heterocycles. The summed E-state index contributed by atoms with van der Waals surface area (Å²) in [5.74, 6) is 1.59. The SMILES string of the molecule is C1=CCC2Nc3cccc(C4CN5CCC4CC5)c3C=CC2=C1. The number of hydrogen-bond acceptors (Lipinski definition) is 2. The monoisotopic (exact) mass is 304 g/mol. The Morgan fingerprint density at radius 1 is 1.09 bits per heavy atom. The van der Waals surface area contributed by atoms with Gasteiger partial charge in [0.2, 0.25) is 0 Å². The molecule has 2 atom stereocenters. The van der Waals surface area contributed by atoms with Gasteiger partial charge in [0.25, 0.3) is 0 Å². The molecule has 1 aromatic rings. The van der Waals surface area contributed by atoms with Crippen LogP contribution in [0, 0.1) is 5.92 Å². The Bertz CT molecular complexity index is 705. The van der Waals surface area contributed by atoms with Crippen molar-refractivity contribution in [2.75, 3.05) is 25.0 Å². The van der Waals surface area contributed by atoms with Gasteiger partial charge < -0.3 is 10.2 Å². The van der Waals surface area contributed by atoms with Crippen molar-refractivity contribution in [2.24, 2.45) is 5.92 Å². The first-order valence-electron chi connectivity index (χ1n) is 9.05. The van der Waals surface area contributed by atoms with Gasteiger partial charge in [0.05, 0.1) is 6.04 Å². The van der Waals surface area contributed by atoms with E-state index in [4.69, 9.17) is 0 Å². The second-order valence-electron chi connectivity index (χ2n) is 7.41. The lowest BCUT2D eigenvalue weighted by atomic mass is 9.74. The molecule has 2 nitrogen and oxygen atoms in total. The van der Waals surface area contributed by atoms with Gasteiger partial charge in [0.1, 0.15) is 0 Å². The molecule has 118 valence electrons. The van der Waals surface area contributed by atoms with Crippen LogP contribution in [-0.4, -0.2) is 30.6 Å². The zero-order chi connectivity index (χ0) is 15.2. The molecule has 2 unspecified atom stereocenters. The summed E-state index contributed by atoms with van der Waals surface area (Å²) in [4.78, 5) is 2.66. The summed E-state index contributed by atoms with van der Waals surface area (Å²) in [5, 5.41) is 3.79. The Kier molecular flexibility index (Phi) is 3.19. The van der Waals surface area contributed by atoms with Crippen LogP contribution in [0.1, 0.15) is 36.3 Å². The minimum absolute atomic E-state index is 0.430. The number of nitrogens with one attached hydrogen (secondary N) is 1. The molecule has 1 N–H and O–H groups in total. The molecule has 23 heavy (non-hydrogen) atoms. The molecule has 1 aromatic carbocycles. The summed E-state index contributed by atoms with van der Waals surface area (Å²) in [6.45, 7) is 3.87. The zero-order valence-electron chi connectivity index (χ0n) is 13.5. The molecule has 3 saturated heterocycles. The third-order valence-electron chi connectivity index (χ3n) is 6.17. The number of piperidine rings is 3. The van der Waals surface area contributed by atoms with Crippen molar-refractivity contribution in [3.63, 3.8) is 0 Å². The van der Waals surface area contributed by atoms with Crippen LogP contribution in [0.5, 0.6) is 0 Å². The number of fused-ring (bicyclic) bond motifs is 5. The summed E-state index contributed by atoms with van der Waals surface area (Å²) in [5.41, 5.74) is 5.72. The van der Waals surface area contributed by atoms with Crippen molar-refractivity contribution in [3.8, 4) is 0 Å². The van der Waals surface area contributed by atoms with Crippen LogP contribution in [0.25, 0.3) is 6.08 Å². The Hall–Kier alpha value is -1.80. The predicted molar refractivity (Wildman–Crippen MR) is 96.6 cm³/mol. The minimum atomic E-state index is 0.430. The maximum absolute atomic E-state index is 3.79. The largest absolute Gasteiger partial charge is 0.377 e. The first kappa shape index (κ1) is 13.6. The molecule has 5 aliphatic rings. The molecule has 1 aliphatic carbocycles. The summed E-state index contributed by atoms with van der Waals surface area (Å²) >= 11 is 0. The van der Waals surface area contributed by atoms with E-state index in [9.17, 15) is 0 Å². The van der Waals surface area contributed by atoms with Crippen molar-refractivity contribution >= 4 is 11.8 Å². The number of anilines is 1. The van der Waals surface area contributed by atoms with Crippen molar-refractivity contribution in [1.82, 2.24) is 4.90 Å². The van der Waals surface area contributed by atoms with Gasteiger partial charge in [-0.2, -0.15) is 0 Å². The molecule has 0 amide bonds. The average Bonchev–Trinajstić information content (AvgIpc) is 2.81. The Morgan fingerprint density at radius 3 is 2.83 bits per heavy atom. The quantitative estimate of drug-likeness (QED) is 0.837. The first-order valence-corrected chi connectivity index (χ1v) is 9.05. The molecule has 0 aromatic heterocycles. The van der Waals surface area contributed by atoms with Gasteiger partial charge in [0.15, 0.2) is 0 Å². The van der Waals surface area contributed by atoms with Gasteiger partial charge in [-0.25, -0.2) is 0 Å². The van der Waals surface area contributed by atoms with E-state index in [1.165, 1.54) is 49.3 Å². The molecular weight excluding hydrogens is 280 g/mol. The molecule has 6 rings (SSSR count). The average molecular weight is 304 g/mol. The minimum Gasteiger partial charge on any atom is -0.377 e. The van der Waals surface area contributed by atoms with Gasteiger partial charge in [-0.1, -0.05) is 42.5 Å². The Balaban J connectivity index is 1.56. The summed E-state index contributed by atoms with van der Waals surface area (Å²) < 4.78 is 0. The number of rotatable bonds is 1. The van der Waals surface area contributed by atoms with Crippen molar-refractivity contribution in [3.05, 3.63) is 59.2 Å². The van der Waals surface area contributed by atoms with Crippen LogP contribution < -0.4 is 5.32 Å². The lowest BCUT2D eigenvalue weighted by Gasteiger charge is -2.45. The Morgan fingerprint density at radius 2 is 2.00 bits per heavy atom. The lowest BCUT2D eigenvalue weighted by molar-refractivity contribution is 0.0870. The maximum atomic E-state index is 3.79. The number of nitrogens with zero attached hydrogens (tertiary/aromatic N) is 1. The van der Waals surface area contributed by atoms with E-state index in [0.717, 1.165) is 12.3 Å². The normalized spacial score (nSPS) is 34.2. The maximum Gasteiger partial charge on any atom is 0.0548 e. The van der Waals surface area contributed by atoms with Crippen molar-refractivity contribution in [2.45, 2.75) is 31.2 Å². The number of hydrogen-bond donors (Lipinski definition) is 1. The number of benzene rings is 1. The third kappa shape index (κ3) is 2.28. The lowest BCUT2D eigenvalue weighted by Crippen LogP contribution is -2.46. The predicted octanol–water partition coefficient (Wildman–Crippen LogP) is 4.19. The second kappa shape index (κ2) is 5.38. The van der Waals surface area contributed by atoms with Gasteiger partial charge in [0, 0.05) is 23.7 Å². The molecule has 2 heteroatoms. The van der Waals surface area contributed by atoms with Crippen LogP contribution in [0.2, 0.25) is 0 Å². The molecule has 0 saturated carbocycles. The van der Waals surface area contributed by atoms with E-state index in [1.54, 1.807) is 5.56 Å². The van der Waals surface area contributed by atoms with E-state index in [1.807, 2.05) is 0 Å². The molecule has 4 heterocycles. The standard InChI is InChI=1S/C21H24N2/c1-2-6-20-16(4-1)8-9-18-17(5-3-7-21(18)22-20)19-14-23-12-10-15(19)11-13-23/h1-5,7-9,15,19-20,22H,6,10-14H2. The van der Waals surface area contributed by atoms with E-state index in [-0.39, 0.29) is 0 Å². The van der Waals surface area contributed by atoms with Crippen molar-refractivity contribution < 1.29 is 0 Å². The van der Waals surface area contributed by atoms with Crippen LogP contribution in [-0.2, 0) is 0 Å². The van der Waals surface area contributed by atoms with Crippen LogP contribution in [0.3, 0.4) is 0 Å². The molecule has 3 fully saturated rings. The summed E-state index contributed by atoms with van der Waals surface area (Å²) in [6, 6.07) is 7.31. The smallest absolute Gasteiger partial charge is 0.0548 e. The summed E-state index contributed by atoms with van der Waals surface area (Å²) in [6.07, 6.45) is 15.2. The molecular formula is C21H24N2. The highest BCUT2D eigenvalue weighted by Crippen LogP contribution is 2.42. The van der Waals surface area contributed by atoms with Crippen LogP contribution in [0.4, 0.5) is 5.69 Å². The van der Waals surface area contributed by atoms with Crippen LogP contribution in [0.15, 0.2) is 48.1 Å². The van der Waals surface area contributed by atoms with Gasteiger partial charge in [-0.05, 0) is 55.5 Å². The van der Waals surface area contributed by atoms with E-state index in [2.05, 4.69) is 58.8 Å². The highest BCUT2D eigenvalue weighted by atomic mass is 15.1. The fourth-order valence-corrected chi connectivity index (χ4v) is 4.86. The molecule has 0 radical (unpaired) electrons. The van der Waals surface area contributed by atoms with Crippen LogP contribution >= 0.6 is 0 Å². The van der Waals surface area contributed by atoms with Gasteiger partial charge in [-0.15, -0.1) is 0 Å². The van der Waals surface area contributed by atoms with E-state index >= 15 is 0 Å². The zero-order valence-corrected chi connectivity index (χ0v) is 13.5. The molecule has 0 spiro atoms. The fraction of sp³-hybridized carbons (Fsp3) is 0.429. The van der Waals surface area contributed by atoms with Gasteiger partial charge in [-0.3, -0.25) is 0 Å². The first-order chi connectivity index (χ1) is 11.4. The highest BCUT2D eigenvalue weighted by Gasteiger charge is 2.36. The van der Waals surface area contributed by atoms with Crippen molar-refractivity contribution in [1.29, 1.82) is 0 Å². The Labute approximate surface area is 138 Å². The van der Waals surface area contributed by atoms with Gasteiger partial charge >= 0.3 is 0 Å². The number of allylic oxidation sites excluding steroid dienone is 2. The highest BCUT2D eigenvalue weighted by molar-refractivity contribution is 5.75. The fourth-order valence-electron chi connectivity index (χ4n) is 4.86. The topological polar surface area (TPSA) is 15.3 Å². The van der Waals surface area contributed by atoms with E-state index < -0.39 is 0 Å². The third-order valence-corrected chi connectivity index (χ3v) is 6.17. The second-order valence-corrected chi connectivity index (χ2v) is 7.41. The summed E-state index contributed by atoms with van der Waals surface area (Å²) in [7, 11) is 0. The van der Waals surface area contributed by atoms with E-state index in [0.29, 0.717) is 12.0 Å².